The van der Waals surface area contributed by atoms with Crippen LogP contribution >= 0.6 is 11.3 Å². The SMILES string of the molecule is CC(C)(O)C#Cc1cccc(COc2cc(-c3cnc(C4CCN(C(=O)CCOCCCCCCCCOCc5cccc6c5C(=O)N(C5CCC(=O)NC5=O)C6=O)CC4)s3)cnc2N)c1. The number of aromatic nitrogens is 2. The van der Waals surface area contributed by atoms with Gasteiger partial charge in [-0.15, -0.1) is 11.3 Å². The summed E-state index contributed by atoms with van der Waals surface area (Å²) in [5.41, 5.74) is 8.81. The fraction of sp³-hybridized carbons (Fsp3) is 0.460. The Labute approximate surface area is 389 Å². The van der Waals surface area contributed by atoms with E-state index in [1.54, 1.807) is 49.6 Å². The lowest BCUT2D eigenvalue weighted by molar-refractivity contribution is -0.136. The minimum atomic E-state index is -1.08. The van der Waals surface area contributed by atoms with E-state index in [9.17, 15) is 29.1 Å². The van der Waals surface area contributed by atoms with Gasteiger partial charge in [0.1, 0.15) is 18.2 Å². The minimum absolute atomic E-state index is 0.0746. The number of thiazole rings is 1. The van der Waals surface area contributed by atoms with E-state index in [1.807, 2.05) is 41.4 Å². The first-order chi connectivity index (χ1) is 31.8. The molecule has 2 aromatic heterocycles. The van der Waals surface area contributed by atoms with Gasteiger partial charge in [0.2, 0.25) is 17.7 Å². The Bertz CT molecular complexity index is 2460. The predicted molar refractivity (Wildman–Crippen MR) is 248 cm³/mol. The molecule has 2 saturated heterocycles. The average molecular weight is 919 g/mol. The highest BCUT2D eigenvalue weighted by atomic mass is 32.1. The normalized spacial score (nSPS) is 16.6. The van der Waals surface area contributed by atoms with Crippen molar-refractivity contribution in [3.8, 4) is 28.0 Å². The van der Waals surface area contributed by atoms with Gasteiger partial charge in [-0.1, -0.05) is 61.8 Å². The molecule has 4 aromatic rings. The molecule has 7 rings (SSSR count). The third kappa shape index (κ3) is 12.7. The largest absolute Gasteiger partial charge is 0.485 e. The summed E-state index contributed by atoms with van der Waals surface area (Å²) in [5, 5.41) is 13.2. The van der Waals surface area contributed by atoms with Crippen LogP contribution in [0.5, 0.6) is 5.75 Å². The number of anilines is 1. The Balaban J connectivity index is 0.727. The summed E-state index contributed by atoms with van der Waals surface area (Å²) in [4.78, 5) is 76.3. The van der Waals surface area contributed by atoms with Crippen LogP contribution in [-0.4, -0.2) is 99.0 Å². The molecule has 5 amide bonds. The number of nitrogens with two attached hydrogens (primary N) is 1. The zero-order chi connectivity index (χ0) is 46.6. The molecule has 0 saturated carbocycles. The molecule has 3 aliphatic rings. The van der Waals surface area contributed by atoms with Crippen LogP contribution in [0.3, 0.4) is 0 Å². The van der Waals surface area contributed by atoms with Crippen LogP contribution in [0.1, 0.15) is 133 Å². The van der Waals surface area contributed by atoms with E-state index < -0.39 is 35.3 Å². The Hall–Kier alpha value is -5.99. The Kier molecular flexibility index (Phi) is 16.3. The van der Waals surface area contributed by atoms with Crippen molar-refractivity contribution in [1.29, 1.82) is 0 Å². The second-order valence-electron chi connectivity index (χ2n) is 17.4. The topological polar surface area (TPSA) is 204 Å². The van der Waals surface area contributed by atoms with Gasteiger partial charge in [-0.05, 0) is 81.3 Å². The summed E-state index contributed by atoms with van der Waals surface area (Å²) in [6.45, 7) is 6.69. The number of imide groups is 2. The summed E-state index contributed by atoms with van der Waals surface area (Å²) in [6, 6.07) is 13.6. The molecule has 1 atom stereocenters. The van der Waals surface area contributed by atoms with E-state index in [2.05, 4.69) is 22.1 Å². The van der Waals surface area contributed by atoms with Crippen LogP contribution in [0.4, 0.5) is 5.82 Å². The molecular weight excluding hydrogens is 861 g/mol. The quantitative estimate of drug-likeness (QED) is 0.0490. The second-order valence-corrected chi connectivity index (χ2v) is 18.5. The highest BCUT2D eigenvalue weighted by molar-refractivity contribution is 7.15. The van der Waals surface area contributed by atoms with Gasteiger partial charge in [-0.3, -0.25) is 34.2 Å². The number of nitrogens with zero attached hydrogens (tertiary/aromatic N) is 4. The third-order valence-corrected chi connectivity index (χ3v) is 13.0. The Morgan fingerprint density at radius 2 is 1.64 bits per heavy atom. The second kappa shape index (κ2) is 22.5. The fourth-order valence-corrected chi connectivity index (χ4v) is 9.31. The van der Waals surface area contributed by atoms with E-state index in [-0.39, 0.29) is 49.0 Å². The van der Waals surface area contributed by atoms with Gasteiger partial charge < -0.3 is 30.0 Å². The predicted octanol–water partition coefficient (Wildman–Crippen LogP) is 6.56. The van der Waals surface area contributed by atoms with Crippen LogP contribution < -0.4 is 15.8 Å². The molecule has 1 unspecified atom stereocenters. The van der Waals surface area contributed by atoms with E-state index >= 15 is 0 Å². The number of fused-ring (bicyclic) bond motifs is 1. The molecule has 0 aliphatic carbocycles. The number of rotatable bonds is 20. The number of unbranched alkanes of at least 4 members (excludes halogenated alkanes) is 5. The molecule has 2 aromatic carbocycles. The molecule has 5 heterocycles. The van der Waals surface area contributed by atoms with Crippen molar-refractivity contribution in [2.75, 3.05) is 38.6 Å². The lowest BCUT2D eigenvalue weighted by Crippen LogP contribution is -2.54. The number of hydrogen-bond acceptors (Lipinski definition) is 13. The number of amides is 5. The summed E-state index contributed by atoms with van der Waals surface area (Å²) in [7, 11) is 0. The smallest absolute Gasteiger partial charge is 0.262 e. The Morgan fingerprint density at radius 1 is 0.894 bits per heavy atom. The molecule has 348 valence electrons. The molecule has 4 N–H and O–H groups in total. The van der Waals surface area contributed by atoms with Crippen LogP contribution in [0.25, 0.3) is 10.4 Å². The maximum absolute atomic E-state index is 13.3. The van der Waals surface area contributed by atoms with E-state index in [0.717, 1.165) is 82.8 Å². The summed E-state index contributed by atoms with van der Waals surface area (Å²) in [6.07, 6.45) is 11.8. The standard InChI is InChI=1S/C50H58N6O9S/c1-50(2,62)21-17-33-11-9-12-34(27-33)31-65-40-28-37(29-52-45(40)51)41-30-53-47(66-41)35-18-22-55(23-19-35)43(58)20-26-63-24-7-5-3-4-6-8-25-64-32-36-13-10-14-38-44(36)49(61)56(48(38)60)39-15-16-42(57)54-46(39)59/h9-14,27-30,35,39,62H,3-8,15-16,18-20,22-26,31-32H2,1-2H3,(H2,51,52)(H,54,57,59). The van der Waals surface area contributed by atoms with Crippen molar-refractivity contribution < 1.29 is 43.3 Å². The molecule has 66 heavy (non-hydrogen) atoms. The van der Waals surface area contributed by atoms with Crippen molar-refractivity contribution in [2.24, 2.45) is 0 Å². The van der Waals surface area contributed by atoms with Crippen LogP contribution in [0.2, 0.25) is 0 Å². The van der Waals surface area contributed by atoms with Gasteiger partial charge in [-0.25, -0.2) is 9.97 Å². The zero-order valence-electron chi connectivity index (χ0n) is 37.6. The number of ether oxygens (including phenoxy) is 3. The molecule has 0 spiro atoms. The zero-order valence-corrected chi connectivity index (χ0v) is 38.5. The van der Waals surface area contributed by atoms with Gasteiger partial charge in [0.25, 0.3) is 11.8 Å². The molecular formula is C50H58N6O9S. The molecule has 16 heteroatoms. The maximum Gasteiger partial charge on any atom is 0.262 e. The number of carbonyl (C=O) groups excluding carboxylic acids is 5. The number of carbonyl (C=O) groups is 5. The van der Waals surface area contributed by atoms with Crippen molar-refractivity contribution in [3.05, 3.63) is 93.7 Å². The first-order valence-electron chi connectivity index (χ1n) is 22.8. The maximum atomic E-state index is 13.3. The van der Waals surface area contributed by atoms with Gasteiger partial charge in [0.15, 0.2) is 11.6 Å². The number of aliphatic hydroxyl groups is 1. The van der Waals surface area contributed by atoms with Crippen molar-refractivity contribution in [3.63, 3.8) is 0 Å². The molecule has 3 aliphatic heterocycles. The molecule has 0 radical (unpaired) electrons. The average Bonchev–Trinajstić information content (AvgIpc) is 3.90. The highest BCUT2D eigenvalue weighted by Gasteiger charge is 2.45. The lowest BCUT2D eigenvalue weighted by Gasteiger charge is -2.31. The Morgan fingerprint density at radius 3 is 2.39 bits per heavy atom. The van der Waals surface area contributed by atoms with Crippen LogP contribution in [0.15, 0.2) is 60.9 Å². The number of nitrogens with one attached hydrogen (secondary N) is 1. The van der Waals surface area contributed by atoms with Gasteiger partial charge in [-0.2, -0.15) is 0 Å². The lowest BCUT2D eigenvalue weighted by atomic mass is 9.97. The van der Waals surface area contributed by atoms with Gasteiger partial charge >= 0.3 is 0 Å². The highest BCUT2D eigenvalue weighted by Crippen LogP contribution is 2.37. The molecule has 0 bridgehead atoms. The number of pyridine rings is 1. The van der Waals surface area contributed by atoms with E-state index in [0.29, 0.717) is 56.5 Å². The van der Waals surface area contributed by atoms with Crippen LogP contribution in [0, 0.1) is 11.8 Å². The summed E-state index contributed by atoms with van der Waals surface area (Å²) < 4.78 is 17.8. The first-order valence-corrected chi connectivity index (χ1v) is 23.6. The van der Waals surface area contributed by atoms with Crippen molar-refractivity contribution in [1.82, 2.24) is 25.1 Å². The monoisotopic (exact) mass is 918 g/mol. The number of nitrogen functional groups attached to an aromatic ring is 1. The fourth-order valence-electron chi connectivity index (χ4n) is 8.24. The van der Waals surface area contributed by atoms with E-state index in [4.69, 9.17) is 24.9 Å². The van der Waals surface area contributed by atoms with Gasteiger partial charge in [0, 0.05) is 62.2 Å². The molecule has 15 nitrogen and oxygen atoms in total. The minimum Gasteiger partial charge on any atom is -0.485 e. The third-order valence-electron chi connectivity index (χ3n) is 11.8. The summed E-state index contributed by atoms with van der Waals surface area (Å²) in [5.74, 6) is 4.92. The van der Waals surface area contributed by atoms with Crippen molar-refractivity contribution >= 4 is 46.7 Å². The first kappa shape index (κ1) is 48.0. The number of benzene rings is 2. The van der Waals surface area contributed by atoms with Crippen LogP contribution in [-0.2, 0) is 37.1 Å². The number of piperidine rings is 2. The summed E-state index contributed by atoms with van der Waals surface area (Å²) >= 11 is 1.63. The van der Waals surface area contributed by atoms with E-state index in [1.165, 1.54) is 0 Å². The number of hydrogen-bond donors (Lipinski definition) is 3. The molecule has 2 fully saturated rings. The van der Waals surface area contributed by atoms with Crippen molar-refractivity contribution in [2.45, 2.75) is 115 Å². The van der Waals surface area contributed by atoms with Gasteiger partial charge in [0.05, 0.1) is 40.6 Å². The number of likely N-dealkylation sites (tertiary alicyclic amines) is 1.